The topological polar surface area (TPSA) is 73.9 Å². The summed E-state index contributed by atoms with van der Waals surface area (Å²) in [5.41, 5.74) is 5.19. The van der Waals surface area contributed by atoms with Crippen LogP contribution in [-0.2, 0) is 6.54 Å². The maximum atomic E-state index is 12.9. The lowest BCUT2D eigenvalue weighted by molar-refractivity contribution is 0.102. The lowest BCUT2D eigenvalue weighted by Gasteiger charge is -2.19. The van der Waals surface area contributed by atoms with E-state index in [1.54, 1.807) is 0 Å². The fourth-order valence-corrected chi connectivity index (χ4v) is 4.44. The van der Waals surface area contributed by atoms with Crippen LogP contribution in [0, 0.1) is 0 Å². The van der Waals surface area contributed by atoms with Crippen LogP contribution in [0.1, 0.15) is 61.4 Å². The van der Waals surface area contributed by atoms with Crippen LogP contribution >= 0.6 is 0 Å². The second-order valence-corrected chi connectivity index (χ2v) is 9.13. The third-order valence-corrected chi connectivity index (χ3v) is 6.40. The Kier molecular flexibility index (Phi) is 5.39. The molecule has 0 spiro atoms. The molecular weight excluding hydrogens is 398 g/mol. The third-order valence-electron chi connectivity index (χ3n) is 6.40. The smallest absolute Gasteiger partial charge is 0.255 e. The average molecular weight is 428 g/mol. The van der Waals surface area contributed by atoms with Gasteiger partial charge in [-0.1, -0.05) is 19.9 Å². The monoisotopic (exact) mass is 427 g/mol. The number of amides is 1. The Balaban J connectivity index is 1.33. The van der Waals surface area contributed by atoms with Crippen molar-refractivity contribution >= 4 is 33.5 Å². The summed E-state index contributed by atoms with van der Waals surface area (Å²) in [5, 5.41) is 3.98. The number of hydrogen-bond acceptors (Lipinski definition) is 4. The number of carbonyl (C=O) groups excluding carboxylic acids is 1. The summed E-state index contributed by atoms with van der Waals surface area (Å²) in [4.78, 5) is 28.2. The van der Waals surface area contributed by atoms with Gasteiger partial charge in [0.05, 0.1) is 23.1 Å². The predicted molar refractivity (Wildman–Crippen MR) is 129 cm³/mol. The second-order valence-electron chi connectivity index (χ2n) is 9.13. The highest BCUT2D eigenvalue weighted by molar-refractivity contribution is 6.06. The molecule has 164 valence electrons. The summed E-state index contributed by atoms with van der Waals surface area (Å²) in [6.07, 6.45) is 2.50. The van der Waals surface area contributed by atoms with Crippen molar-refractivity contribution in [2.75, 3.05) is 11.9 Å². The van der Waals surface area contributed by atoms with E-state index in [2.05, 4.69) is 36.0 Å². The molecule has 1 aliphatic heterocycles. The molecule has 0 bridgehead atoms. The number of hydrogen-bond donors (Lipinski definition) is 2. The Morgan fingerprint density at radius 3 is 2.75 bits per heavy atom. The molecule has 0 aliphatic carbocycles. The van der Waals surface area contributed by atoms with Crippen molar-refractivity contribution in [2.24, 2.45) is 0 Å². The first kappa shape index (κ1) is 20.6. The highest BCUT2D eigenvalue weighted by Gasteiger charge is 2.21. The molecule has 1 unspecified atom stereocenters. The van der Waals surface area contributed by atoms with Gasteiger partial charge in [-0.25, -0.2) is 4.98 Å². The first-order valence-corrected chi connectivity index (χ1v) is 11.4. The Bertz CT molecular complexity index is 1290. The zero-order valence-corrected chi connectivity index (χ0v) is 18.9. The Morgan fingerprint density at radius 1 is 1.12 bits per heavy atom. The molecule has 2 aromatic heterocycles. The Hall–Kier alpha value is -3.25. The minimum Gasteiger partial charge on any atom is -0.341 e. The van der Waals surface area contributed by atoms with Crippen LogP contribution in [0.3, 0.4) is 0 Å². The first-order valence-electron chi connectivity index (χ1n) is 11.4. The SMILES string of the molecule is CC(C)c1ccc2cc(C(=O)Nc3ccc4nc(CN5CCCC5C)[nH]c4c3)ccc2n1. The molecule has 2 aromatic carbocycles. The molecule has 6 nitrogen and oxygen atoms in total. The lowest BCUT2D eigenvalue weighted by Crippen LogP contribution is -2.26. The van der Waals surface area contributed by atoms with E-state index in [1.165, 1.54) is 12.8 Å². The van der Waals surface area contributed by atoms with Gasteiger partial charge in [-0.3, -0.25) is 14.7 Å². The van der Waals surface area contributed by atoms with Crippen molar-refractivity contribution in [3.05, 3.63) is 65.6 Å². The molecule has 2 N–H and O–H groups in total. The normalized spacial score (nSPS) is 16.9. The number of fused-ring (bicyclic) bond motifs is 2. The van der Waals surface area contributed by atoms with Gasteiger partial charge in [0.25, 0.3) is 5.91 Å². The van der Waals surface area contributed by atoms with Gasteiger partial charge in [0.15, 0.2) is 0 Å². The number of anilines is 1. The van der Waals surface area contributed by atoms with Crippen LogP contribution in [0.5, 0.6) is 0 Å². The maximum absolute atomic E-state index is 12.9. The average Bonchev–Trinajstić information content (AvgIpc) is 3.38. The molecule has 3 heterocycles. The fourth-order valence-electron chi connectivity index (χ4n) is 4.44. The van der Waals surface area contributed by atoms with Crippen LogP contribution < -0.4 is 5.32 Å². The van der Waals surface area contributed by atoms with E-state index in [4.69, 9.17) is 9.97 Å². The Labute approximate surface area is 188 Å². The van der Waals surface area contributed by atoms with Gasteiger partial charge in [0.1, 0.15) is 5.82 Å². The molecule has 1 amide bonds. The number of benzene rings is 2. The molecule has 1 aliphatic rings. The zero-order valence-electron chi connectivity index (χ0n) is 18.9. The van der Waals surface area contributed by atoms with E-state index in [9.17, 15) is 4.79 Å². The fraction of sp³-hybridized carbons (Fsp3) is 0.346. The van der Waals surface area contributed by atoms with Crippen molar-refractivity contribution in [2.45, 2.75) is 52.1 Å². The van der Waals surface area contributed by atoms with Gasteiger partial charge in [0, 0.05) is 28.4 Å². The maximum Gasteiger partial charge on any atom is 0.255 e. The third kappa shape index (κ3) is 4.10. The van der Waals surface area contributed by atoms with Crippen molar-refractivity contribution in [3.8, 4) is 0 Å². The minimum atomic E-state index is -0.134. The summed E-state index contributed by atoms with van der Waals surface area (Å²) < 4.78 is 0. The van der Waals surface area contributed by atoms with Crippen LogP contribution in [-0.4, -0.2) is 38.3 Å². The van der Waals surface area contributed by atoms with Crippen molar-refractivity contribution in [1.29, 1.82) is 0 Å². The molecule has 1 atom stereocenters. The quantitative estimate of drug-likeness (QED) is 0.443. The second kappa shape index (κ2) is 8.36. The summed E-state index contributed by atoms with van der Waals surface area (Å²) in [6, 6.07) is 16.1. The van der Waals surface area contributed by atoms with E-state index in [-0.39, 0.29) is 5.91 Å². The molecule has 5 rings (SSSR count). The standard InChI is InChI=1S/C26H29N5O/c1-16(2)21-9-6-18-13-19(7-10-22(18)28-21)26(32)27-20-8-11-23-24(14-20)30-25(29-23)15-31-12-4-5-17(31)3/h6-11,13-14,16-17H,4-5,12,15H2,1-3H3,(H,27,32)(H,29,30). The molecule has 32 heavy (non-hydrogen) atoms. The van der Waals surface area contributed by atoms with Gasteiger partial charge < -0.3 is 10.3 Å². The van der Waals surface area contributed by atoms with Gasteiger partial charge in [-0.15, -0.1) is 0 Å². The number of likely N-dealkylation sites (tertiary alicyclic amines) is 1. The highest BCUT2D eigenvalue weighted by Crippen LogP contribution is 2.23. The summed E-state index contributed by atoms with van der Waals surface area (Å²) in [7, 11) is 0. The van der Waals surface area contributed by atoms with Crippen LogP contribution in [0.25, 0.3) is 21.9 Å². The van der Waals surface area contributed by atoms with Crippen LogP contribution in [0.15, 0.2) is 48.5 Å². The van der Waals surface area contributed by atoms with Gasteiger partial charge in [-0.05, 0) is 74.7 Å². The molecule has 0 radical (unpaired) electrons. The number of nitrogens with one attached hydrogen (secondary N) is 2. The van der Waals surface area contributed by atoms with Crippen molar-refractivity contribution in [1.82, 2.24) is 19.9 Å². The van der Waals surface area contributed by atoms with Crippen LogP contribution in [0.4, 0.5) is 5.69 Å². The molecule has 4 aromatic rings. The summed E-state index contributed by atoms with van der Waals surface area (Å²) in [6.45, 7) is 8.49. The number of carbonyl (C=O) groups is 1. The number of aromatic amines is 1. The van der Waals surface area contributed by atoms with E-state index >= 15 is 0 Å². The van der Waals surface area contributed by atoms with Crippen molar-refractivity contribution < 1.29 is 4.79 Å². The number of aromatic nitrogens is 3. The lowest BCUT2D eigenvalue weighted by atomic mass is 10.1. The molecule has 6 heteroatoms. The van der Waals surface area contributed by atoms with E-state index in [0.29, 0.717) is 17.5 Å². The number of nitrogens with zero attached hydrogens (tertiary/aromatic N) is 3. The number of rotatable bonds is 5. The molecule has 1 fully saturated rings. The number of pyridine rings is 1. The zero-order chi connectivity index (χ0) is 22.2. The Morgan fingerprint density at radius 2 is 1.97 bits per heavy atom. The van der Waals surface area contributed by atoms with E-state index in [1.807, 2.05) is 48.5 Å². The number of imidazole rings is 1. The van der Waals surface area contributed by atoms with Gasteiger partial charge in [0.2, 0.25) is 0 Å². The summed E-state index contributed by atoms with van der Waals surface area (Å²) in [5.74, 6) is 1.21. The molecular formula is C26H29N5O. The number of H-pyrrole nitrogens is 1. The first-order chi connectivity index (χ1) is 15.5. The van der Waals surface area contributed by atoms with E-state index < -0.39 is 0 Å². The highest BCUT2D eigenvalue weighted by atomic mass is 16.1. The van der Waals surface area contributed by atoms with Gasteiger partial charge in [-0.2, -0.15) is 0 Å². The predicted octanol–water partition coefficient (Wildman–Crippen LogP) is 5.47. The van der Waals surface area contributed by atoms with Gasteiger partial charge >= 0.3 is 0 Å². The molecule has 0 saturated carbocycles. The minimum absolute atomic E-state index is 0.134. The van der Waals surface area contributed by atoms with Crippen molar-refractivity contribution in [3.63, 3.8) is 0 Å². The largest absolute Gasteiger partial charge is 0.341 e. The molecule has 1 saturated heterocycles. The summed E-state index contributed by atoms with van der Waals surface area (Å²) >= 11 is 0. The van der Waals surface area contributed by atoms with E-state index in [0.717, 1.165) is 52.2 Å². The van der Waals surface area contributed by atoms with Crippen LogP contribution in [0.2, 0.25) is 0 Å².